The number of aliphatic hydroxyl groups excluding tert-OH is 1. The molecule has 0 atom stereocenters. The predicted octanol–water partition coefficient (Wildman–Crippen LogP) is 2.40. The van der Waals surface area contributed by atoms with Crippen LogP contribution >= 0.6 is 23.4 Å². The Morgan fingerprint density at radius 2 is 2.33 bits per heavy atom. The first-order chi connectivity index (χ1) is 8.67. The van der Waals surface area contributed by atoms with Crippen molar-refractivity contribution in [3.8, 4) is 5.75 Å². The number of carbonyl (C=O) groups excluding carboxylic acids is 1. The van der Waals surface area contributed by atoms with Gasteiger partial charge in [0, 0.05) is 11.6 Å². The molecule has 0 aliphatic heterocycles. The molecule has 0 aliphatic rings. The van der Waals surface area contributed by atoms with E-state index in [0.29, 0.717) is 28.6 Å². The third kappa shape index (κ3) is 5.16. The molecular weight excluding hydrogens is 274 g/mol. The molecule has 4 nitrogen and oxygen atoms in total. The van der Waals surface area contributed by atoms with Crippen molar-refractivity contribution in [2.75, 3.05) is 30.5 Å². The van der Waals surface area contributed by atoms with Gasteiger partial charge in [-0.3, -0.25) is 4.79 Å². The number of thioether (sulfide) groups is 1. The summed E-state index contributed by atoms with van der Waals surface area (Å²) >= 11 is 7.34. The highest BCUT2D eigenvalue weighted by molar-refractivity contribution is 7.99. The number of methoxy groups -OCH3 is 1. The minimum atomic E-state index is -0.112. The Morgan fingerprint density at radius 3 is 3.00 bits per heavy atom. The molecule has 0 fully saturated rings. The average Bonchev–Trinajstić information content (AvgIpc) is 2.35. The largest absolute Gasteiger partial charge is 0.495 e. The molecule has 1 amide bonds. The van der Waals surface area contributed by atoms with E-state index >= 15 is 0 Å². The van der Waals surface area contributed by atoms with Gasteiger partial charge in [-0.25, -0.2) is 0 Å². The predicted molar refractivity (Wildman–Crippen MR) is 75.7 cm³/mol. The second-order valence-corrected chi connectivity index (χ2v) is 5.06. The van der Waals surface area contributed by atoms with E-state index in [2.05, 4.69) is 5.32 Å². The van der Waals surface area contributed by atoms with Crippen LogP contribution in [0.4, 0.5) is 5.69 Å². The molecule has 0 aromatic heterocycles. The lowest BCUT2D eigenvalue weighted by Gasteiger charge is -2.10. The monoisotopic (exact) mass is 289 g/mol. The molecule has 1 aromatic rings. The summed E-state index contributed by atoms with van der Waals surface area (Å²) in [5.41, 5.74) is 0.567. The van der Waals surface area contributed by atoms with Crippen LogP contribution in [-0.2, 0) is 4.79 Å². The van der Waals surface area contributed by atoms with Gasteiger partial charge in [-0.1, -0.05) is 11.6 Å². The maximum atomic E-state index is 11.7. The van der Waals surface area contributed by atoms with Gasteiger partial charge in [-0.05, 0) is 30.4 Å². The lowest BCUT2D eigenvalue weighted by molar-refractivity contribution is -0.113. The lowest BCUT2D eigenvalue weighted by atomic mass is 10.3. The zero-order valence-electron chi connectivity index (χ0n) is 10.1. The van der Waals surface area contributed by atoms with Crippen molar-refractivity contribution < 1.29 is 14.6 Å². The molecule has 100 valence electrons. The van der Waals surface area contributed by atoms with Crippen molar-refractivity contribution in [2.45, 2.75) is 6.42 Å². The van der Waals surface area contributed by atoms with Crippen LogP contribution in [0.1, 0.15) is 6.42 Å². The van der Waals surface area contributed by atoms with Gasteiger partial charge in [0.05, 0.1) is 18.6 Å². The Labute approximate surface area is 116 Å². The first-order valence-corrected chi connectivity index (χ1v) is 7.02. The molecule has 0 radical (unpaired) electrons. The fourth-order valence-electron chi connectivity index (χ4n) is 1.30. The zero-order chi connectivity index (χ0) is 13.4. The Morgan fingerprint density at radius 1 is 1.56 bits per heavy atom. The SMILES string of the molecule is COc1ccc(Cl)cc1NC(=O)CSCCCO. The Kier molecular flexibility index (Phi) is 6.93. The van der Waals surface area contributed by atoms with E-state index in [9.17, 15) is 4.79 Å². The van der Waals surface area contributed by atoms with Gasteiger partial charge in [0.1, 0.15) is 5.75 Å². The third-order valence-electron chi connectivity index (χ3n) is 2.12. The molecule has 0 heterocycles. The number of carbonyl (C=O) groups is 1. The summed E-state index contributed by atoms with van der Waals surface area (Å²) in [6.07, 6.45) is 0.693. The maximum Gasteiger partial charge on any atom is 0.234 e. The molecule has 18 heavy (non-hydrogen) atoms. The number of hydrogen-bond donors (Lipinski definition) is 2. The van der Waals surface area contributed by atoms with Gasteiger partial charge in [0.2, 0.25) is 5.91 Å². The van der Waals surface area contributed by atoms with Crippen molar-refractivity contribution in [3.63, 3.8) is 0 Å². The zero-order valence-corrected chi connectivity index (χ0v) is 11.7. The van der Waals surface area contributed by atoms with Crippen molar-refractivity contribution in [1.29, 1.82) is 0 Å². The van der Waals surface area contributed by atoms with E-state index in [4.69, 9.17) is 21.4 Å². The van der Waals surface area contributed by atoms with Crippen LogP contribution in [-0.4, -0.2) is 36.2 Å². The quantitative estimate of drug-likeness (QED) is 0.757. The summed E-state index contributed by atoms with van der Waals surface area (Å²) in [6, 6.07) is 5.06. The highest BCUT2D eigenvalue weighted by Crippen LogP contribution is 2.27. The first-order valence-electron chi connectivity index (χ1n) is 5.49. The van der Waals surface area contributed by atoms with Gasteiger partial charge in [-0.2, -0.15) is 11.8 Å². The summed E-state index contributed by atoms with van der Waals surface area (Å²) in [7, 11) is 1.54. The first kappa shape index (κ1) is 15.1. The summed E-state index contributed by atoms with van der Waals surface area (Å²) in [5.74, 6) is 1.57. The Bertz CT molecular complexity index is 401. The van der Waals surface area contributed by atoms with E-state index in [-0.39, 0.29) is 12.5 Å². The normalized spacial score (nSPS) is 10.2. The number of hydrogen-bond acceptors (Lipinski definition) is 4. The van der Waals surface area contributed by atoms with Crippen LogP contribution in [0.3, 0.4) is 0 Å². The van der Waals surface area contributed by atoms with Crippen LogP contribution in [0.15, 0.2) is 18.2 Å². The van der Waals surface area contributed by atoms with Crippen molar-refractivity contribution in [2.24, 2.45) is 0 Å². The number of amides is 1. The maximum absolute atomic E-state index is 11.7. The van der Waals surface area contributed by atoms with E-state index in [1.165, 1.54) is 18.9 Å². The third-order valence-corrected chi connectivity index (χ3v) is 3.39. The molecule has 2 N–H and O–H groups in total. The molecule has 0 saturated heterocycles. The molecular formula is C12H16ClNO3S. The van der Waals surface area contributed by atoms with Crippen molar-refractivity contribution >= 4 is 35.0 Å². The standard InChI is InChI=1S/C12H16ClNO3S/c1-17-11-4-3-9(13)7-10(11)14-12(16)8-18-6-2-5-15/h3-4,7,15H,2,5-6,8H2,1H3,(H,14,16). The van der Waals surface area contributed by atoms with E-state index < -0.39 is 0 Å². The molecule has 6 heteroatoms. The number of rotatable bonds is 7. The topological polar surface area (TPSA) is 58.6 Å². The summed E-state index contributed by atoms with van der Waals surface area (Å²) in [4.78, 5) is 11.7. The fraction of sp³-hybridized carbons (Fsp3) is 0.417. The number of halogens is 1. The fourth-order valence-corrected chi connectivity index (χ4v) is 2.20. The molecule has 0 spiro atoms. The molecule has 0 bridgehead atoms. The number of aliphatic hydroxyl groups is 1. The van der Waals surface area contributed by atoms with Crippen LogP contribution < -0.4 is 10.1 Å². The van der Waals surface area contributed by atoms with E-state index in [1.54, 1.807) is 18.2 Å². The van der Waals surface area contributed by atoms with Gasteiger partial charge in [0.25, 0.3) is 0 Å². The number of benzene rings is 1. The van der Waals surface area contributed by atoms with Gasteiger partial charge in [-0.15, -0.1) is 0 Å². The summed E-state index contributed by atoms with van der Waals surface area (Å²) in [6.45, 7) is 0.150. The molecule has 1 rings (SSSR count). The summed E-state index contributed by atoms with van der Waals surface area (Å²) < 4.78 is 5.13. The van der Waals surface area contributed by atoms with Gasteiger partial charge >= 0.3 is 0 Å². The van der Waals surface area contributed by atoms with Crippen molar-refractivity contribution in [1.82, 2.24) is 0 Å². The summed E-state index contributed by atoms with van der Waals surface area (Å²) in [5, 5.41) is 11.9. The second kappa shape index (κ2) is 8.24. The van der Waals surface area contributed by atoms with Crippen LogP contribution in [0, 0.1) is 0 Å². The lowest BCUT2D eigenvalue weighted by Crippen LogP contribution is -2.15. The minimum Gasteiger partial charge on any atom is -0.495 e. The number of anilines is 1. The van der Waals surface area contributed by atoms with Crippen LogP contribution in [0.5, 0.6) is 5.75 Å². The highest BCUT2D eigenvalue weighted by atomic mass is 35.5. The van der Waals surface area contributed by atoms with Gasteiger partial charge < -0.3 is 15.2 Å². The highest BCUT2D eigenvalue weighted by Gasteiger charge is 2.08. The Balaban J connectivity index is 2.50. The smallest absolute Gasteiger partial charge is 0.234 e. The van der Waals surface area contributed by atoms with E-state index in [0.717, 1.165) is 5.75 Å². The van der Waals surface area contributed by atoms with Gasteiger partial charge in [0.15, 0.2) is 0 Å². The van der Waals surface area contributed by atoms with E-state index in [1.807, 2.05) is 0 Å². The van der Waals surface area contributed by atoms with Crippen LogP contribution in [0.2, 0.25) is 5.02 Å². The van der Waals surface area contributed by atoms with Crippen LogP contribution in [0.25, 0.3) is 0 Å². The average molecular weight is 290 g/mol. The molecule has 1 aromatic carbocycles. The molecule has 0 aliphatic carbocycles. The Hall–Kier alpha value is -0.910. The number of nitrogens with one attached hydrogen (secondary N) is 1. The number of ether oxygens (including phenoxy) is 1. The molecule has 0 saturated carbocycles. The molecule has 0 unspecified atom stereocenters. The van der Waals surface area contributed by atoms with Crippen molar-refractivity contribution in [3.05, 3.63) is 23.2 Å². The minimum absolute atomic E-state index is 0.112. The second-order valence-electron chi connectivity index (χ2n) is 3.52.